The van der Waals surface area contributed by atoms with Crippen molar-refractivity contribution < 1.29 is 9.53 Å². The zero-order chi connectivity index (χ0) is 17.2. The summed E-state index contributed by atoms with van der Waals surface area (Å²) in [6, 6.07) is 0.256. The van der Waals surface area contributed by atoms with Crippen molar-refractivity contribution in [3.8, 4) is 0 Å². The molecule has 0 aliphatic heterocycles. The third kappa shape index (κ3) is 6.70. The lowest BCUT2D eigenvalue weighted by atomic mass is 10.1. The van der Waals surface area contributed by atoms with Crippen LogP contribution in [0.1, 0.15) is 33.1 Å². The summed E-state index contributed by atoms with van der Waals surface area (Å²) in [5.41, 5.74) is 1.78. The minimum atomic E-state index is -0.174. The average molecular weight is 316 g/mol. The Balaban J connectivity index is 2.61. The monoisotopic (exact) mass is 316 g/mol. The zero-order valence-electron chi connectivity index (χ0n) is 14.4. The van der Waals surface area contributed by atoms with Gasteiger partial charge in [0.25, 0.3) is 5.91 Å². The molecule has 0 aromatic carbocycles. The number of nitrogens with one attached hydrogen (secondary N) is 2. The van der Waals surface area contributed by atoms with Gasteiger partial charge in [0.15, 0.2) is 0 Å². The highest BCUT2D eigenvalue weighted by molar-refractivity contribution is 5.96. The van der Waals surface area contributed by atoms with Crippen molar-refractivity contribution in [2.24, 2.45) is 0 Å². The van der Waals surface area contributed by atoms with E-state index in [1.165, 1.54) is 11.6 Å². The van der Waals surface area contributed by atoms with Crippen molar-refractivity contribution in [1.29, 1.82) is 0 Å². The third-order valence-corrected chi connectivity index (χ3v) is 3.79. The Hall–Kier alpha value is -2.07. The molecule has 0 saturated carbocycles. The van der Waals surface area contributed by atoms with E-state index in [1.807, 2.05) is 19.2 Å². The number of carbonyl (C=O) groups is 1. The van der Waals surface area contributed by atoms with E-state index in [4.69, 9.17) is 4.74 Å². The third-order valence-electron chi connectivity index (χ3n) is 3.79. The van der Waals surface area contributed by atoms with Gasteiger partial charge in [-0.05, 0) is 39.0 Å². The second kappa shape index (κ2) is 9.85. The van der Waals surface area contributed by atoms with Crippen LogP contribution in [0.15, 0.2) is 60.1 Å². The summed E-state index contributed by atoms with van der Waals surface area (Å²) in [5, 5.41) is 6.04. The molecule has 1 rings (SSSR count). The quantitative estimate of drug-likeness (QED) is 0.389. The molecule has 126 valence electrons. The van der Waals surface area contributed by atoms with E-state index >= 15 is 0 Å². The standard InChI is InChI=1S/C19H28N2O2/c1-6-16(19(22)21-13-17(7-2)20-5)12-15(4)23-18-10-8-14(3)9-11-18/h6,8,10,12,17,20H,1,4,7,9,11,13H2,2-3,5H3,(H,21,22)/b16-12+. The fraction of sp³-hybridized carbons (Fsp3) is 0.421. The van der Waals surface area contributed by atoms with Gasteiger partial charge in [0, 0.05) is 24.6 Å². The van der Waals surface area contributed by atoms with Gasteiger partial charge in [0.1, 0.15) is 11.5 Å². The normalized spacial score (nSPS) is 16.0. The van der Waals surface area contributed by atoms with E-state index < -0.39 is 0 Å². The van der Waals surface area contributed by atoms with Gasteiger partial charge in [-0.15, -0.1) is 0 Å². The van der Waals surface area contributed by atoms with E-state index in [-0.39, 0.29) is 11.9 Å². The molecule has 0 spiro atoms. The summed E-state index contributed by atoms with van der Waals surface area (Å²) in [6.07, 6.45) is 9.91. The molecule has 1 aliphatic rings. The molecule has 1 atom stereocenters. The van der Waals surface area contributed by atoms with Gasteiger partial charge < -0.3 is 15.4 Å². The van der Waals surface area contributed by atoms with Gasteiger partial charge in [-0.1, -0.05) is 37.8 Å². The number of hydrogen-bond acceptors (Lipinski definition) is 3. The first-order valence-corrected chi connectivity index (χ1v) is 8.02. The molecule has 4 heteroatoms. The van der Waals surface area contributed by atoms with Crippen molar-refractivity contribution in [1.82, 2.24) is 10.6 Å². The van der Waals surface area contributed by atoms with Crippen LogP contribution >= 0.6 is 0 Å². The van der Waals surface area contributed by atoms with Gasteiger partial charge in [-0.25, -0.2) is 0 Å². The molecule has 4 nitrogen and oxygen atoms in total. The summed E-state index contributed by atoms with van der Waals surface area (Å²) >= 11 is 0. The van der Waals surface area contributed by atoms with E-state index in [9.17, 15) is 4.79 Å². The van der Waals surface area contributed by atoms with Gasteiger partial charge in [0.2, 0.25) is 0 Å². The van der Waals surface area contributed by atoms with Gasteiger partial charge in [-0.3, -0.25) is 4.79 Å². The molecule has 0 heterocycles. The maximum atomic E-state index is 12.2. The van der Waals surface area contributed by atoms with Gasteiger partial charge in [0.05, 0.1) is 0 Å². The van der Waals surface area contributed by atoms with E-state index in [0.717, 1.165) is 25.0 Å². The van der Waals surface area contributed by atoms with Crippen LogP contribution in [-0.4, -0.2) is 25.5 Å². The Labute approximate surface area is 139 Å². The Morgan fingerprint density at radius 2 is 2.17 bits per heavy atom. The van der Waals surface area contributed by atoms with Crippen LogP contribution in [0.5, 0.6) is 0 Å². The molecule has 0 fully saturated rings. The Bertz CT molecular complexity index is 538. The first-order chi connectivity index (χ1) is 11.0. The summed E-state index contributed by atoms with van der Waals surface area (Å²) in [7, 11) is 1.88. The number of rotatable bonds is 9. The SMILES string of the molecule is C=C/C(=C\C(=C)OC1=CC=C(C)CC1)C(=O)NCC(CC)NC. The first kappa shape index (κ1) is 19.0. The lowest BCUT2D eigenvalue weighted by Gasteiger charge is -2.16. The van der Waals surface area contributed by atoms with Crippen LogP contribution in [0, 0.1) is 0 Å². The highest BCUT2D eigenvalue weighted by Crippen LogP contribution is 2.21. The van der Waals surface area contributed by atoms with Crippen LogP contribution in [-0.2, 0) is 9.53 Å². The van der Waals surface area contributed by atoms with Crippen LogP contribution in [0.3, 0.4) is 0 Å². The summed E-state index contributed by atoms with van der Waals surface area (Å²) in [5.74, 6) is 1.13. The second-order valence-corrected chi connectivity index (χ2v) is 5.62. The number of hydrogen-bond donors (Lipinski definition) is 2. The highest BCUT2D eigenvalue weighted by atomic mass is 16.5. The van der Waals surface area contributed by atoms with Gasteiger partial charge in [-0.2, -0.15) is 0 Å². The molecule has 0 radical (unpaired) electrons. The minimum absolute atomic E-state index is 0.174. The topological polar surface area (TPSA) is 50.4 Å². The van der Waals surface area contributed by atoms with E-state index in [2.05, 4.69) is 37.6 Å². The van der Waals surface area contributed by atoms with E-state index in [0.29, 0.717) is 17.9 Å². The summed E-state index contributed by atoms with van der Waals surface area (Å²) < 4.78 is 5.70. The predicted octanol–water partition coefficient (Wildman–Crippen LogP) is 3.37. The average Bonchev–Trinajstić information content (AvgIpc) is 2.55. The molecule has 0 saturated heterocycles. The highest BCUT2D eigenvalue weighted by Gasteiger charge is 2.11. The largest absolute Gasteiger partial charge is 0.462 e. The lowest BCUT2D eigenvalue weighted by Crippen LogP contribution is -2.39. The Morgan fingerprint density at radius 3 is 2.70 bits per heavy atom. The second-order valence-electron chi connectivity index (χ2n) is 5.62. The molecule has 1 aliphatic carbocycles. The first-order valence-electron chi connectivity index (χ1n) is 8.02. The Morgan fingerprint density at radius 1 is 1.43 bits per heavy atom. The molecular weight excluding hydrogens is 288 g/mol. The summed E-state index contributed by atoms with van der Waals surface area (Å²) in [6.45, 7) is 12.3. The maximum absolute atomic E-state index is 12.2. The lowest BCUT2D eigenvalue weighted by molar-refractivity contribution is -0.117. The smallest absolute Gasteiger partial charge is 0.251 e. The van der Waals surface area contributed by atoms with Crippen LogP contribution in [0.4, 0.5) is 0 Å². The van der Waals surface area contributed by atoms with Crippen molar-refractivity contribution in [2.75, 3.05) is 13.6 Å². The Kier molecular flexibility index (Phi) is 8.13. The van der Waals surface area contributed by atoms with Crippen molar-refractivity contribution >= 4 is 5.91 Å². The van der Waals surface area contributed by atoms with Crippen LogP contribution < -0.4 is 10.6 Å². The number of allylic oxidation sites excluding steroid dienone is 5. The number of amides is 1. The fourth-order valence-electron chi connectivity index (χ4n) is 2.16. The molecule has 1 unspecified atom stereocenters. The van der Waals surface area contributed by atoms with Crippen molar-refractivity contribution in [2.45, 2.75) is 39.2 Å². The zero-order valence-corrected chi connectivity index (χ0v) is 14.4. The molecule has 0 bridgehead atoms. The van der Waals surface area contributed by atoms with Crippen LogP contribution in [0.25, 0.3) is 0 Å². The minimum Gasteiger partial charge on any atom is -0.462 e. The van der Waals surface area contributed by atoms with Crippen LogP contribution in [0.2, 0.25) is 0 Å². The molecule has 1 amide bonds. The molecule has 2 N–H and O–H groups in total. The molecule has 0 aromatic rings. The number of carbonyl (C=O) groups excluding carboxylic acids is 1. The molecular formula is C19H28N2O2. The number of likely N-dealkylation sites (N-methyl/N-ethyl adjacent to an activating group) is 1. The van der Waals surface area contributed by atoms with Crippen molar-refractivity contribution in [3.63, 3.8) is 0 Å². The maximum Gasteiger partial charge on any atom is 0.251 e. The van der Waals surface area contributed by atoms with E-state index in [1.54, 1.807) is 6.08 Å². The fourth-order valence-corrected chi connectivity index (χ4v) is 2.16. The van der Waals surface area contributed by atoms with Crippen molar-refractivity contribution in [3.05, 3.63) is 60.1 Å². The molecule has 23 heavy (non-hydrogen) atoms. The number of ether oxygens (including phenoxy) is 1. The predicted molar refractivity (Wildman–Crippen MR) is 95.7 cm³/mol. The molecule has 0 aromatic heterocycles. The van der Waals surface area contributed by atoms with Gasteiger partial charge >= 0.3 is 0 Å². The summed E-state index contributed by atoms with van der Waals surface area (Å²) in [4.78, 5) is 12.2.